The van der Waals surface area contributed by atoms with Crippen molar-refractivity contribution in [3.8, 4) is 0 Å². The third-order valence-corrected chi connectivity index (χ3v) is 4.32. The molecule has 1 aromatic carbocycles. The predicted molar refractivity (Wildman–Crippen MR) is 76.2 cm³/mol. The zero-order valence-corrected chi connectivity index (χ0v) is 12.8. The minimum atomic E-state index is -3.45. The van der Waals surface area contributed by atoms with Gasteiger partial charge in [0.2, 0.25) is 20.0 Å². The molecule has 0 saturated heterocycles. The lowest BCUT2D eigenvalue weighted by molar-refractivity contribution is 0.583. The summed E-state index contributed by atoms with van der Waals surface area (Å²) in [5.74, 6) is 0. The first-order chi connectivity index (χ1) is 8.59. The number of hydrogen-bond acceptors (Lipinski definition) is 4. The molecule has 0 atom stereocenters. The highest BCUT2D eigenvalue weighted by Gasteiger charge is 2.17. The van der Waals surface area contributed by atoms with Gasteiger partial charge in [-0.15, -0.1) is 0 Å². The Morgan fingerprint density at radius 1 is 1.05 bits per heavy atom. The van der Waals surface area contributed by atoms with Crippen LogP contribution in [-0.4, -0.2) is 42.4 Å². The lowest BCUT2D eigenvalue weighted by Crippen LogP contribution is -2.37. The monoisotopic (exact) mass is 306 g/mol. The number of nitrogens with zero attached hydrogens (tertiary/aromatic N) is 1. The second-order valence-electron chi connectivity index (χ2n) is 4.34. The van der Waals surface area contributed by atoms with E-state index in [1.54, 1.807) is 24.3 Å². The molecule has 1 aromatic rings. The number of hydrogen-bond donors (Lipinski definition) is 1. The summed E-state index contributed by atoms with van der Waals surface area (Å²) in [6, 6.07) is 6.99. The fraction of sp³-hybridized carbons (Fsp3) is 0.455. The molecule has 0 unspecified atom stereocenters. The summed E-state index contributed by atoms with van der Waals surface area (Å²) in [6.45, 7) is 1.98. The van der Waals surface area contributed by atoms with Crippen molar-refractivity contribution in [1.29, 1.82) is 0 Å². The van der Waals surface area contributed by atoms with Crippen molar-refractivity contribution in [3.63, 3.8) is 0 Å². The highest BCUT2D eigenvalue weighted by atomic mass is 32.2. The summed E-state index contributed by atoms with van der Waals surface area (Å²) in [5.41, 5.74) is 1.54. The van der Waals surface area contributed by atoms with E-state index >= 15 is 0 Å². The van der Waals surface area contributed by atoms with Crippen LogP contribution >= 0.6 is 0 Å². The molecule has 1 rings (SSSR count). The number of nitrogens with one attached hydrogen (secondary N) is 1. The Bertz CT molecular complexity index is 621. The molecular weight excluding hydrogens is 288 g/mol. The van der Waals surface area contributed by atoms with Crippen molar-refractivity contribution in [2.75, 3.05) is 29.9 Å². The molecule has 0 aromatic heterocycles. The standard InChI is InChI=1S/C11H18N2O4S2/c1-10-4-6-11(7-5-10)13(19(3,16)17)9-8-12-18(2,14)15/h4-7,12H,8-9H2,1-3H3. The van der Waals surface area contributed by atoms with Crippen LogP contribution in [0.1, 0.15) is 5.56 Å². The minimum Gasteiger partial charge on any atom is -0.269 e. The van der Waals surface area contributed by atoms with Crippen LogP contribution < -0.4 is 9.03 Å². The van der Waals surface area contributed by atoms with Gasteiger partial charge >= 0.3 is 0 Å². The fourth-order valence-electron chi connectivity index (χ4n) is 1.53. The van der Waals surface area contributed by atoms with E-state index in [9.17, 15) is 16.8 Å². The van der Waals surface area contributed by atoms with Gasteiger partial charge in [0.1, 0.15) is 0 Å². The molecule has 0 fully saturated rings. The molecule has 0 aliphatic rings. The molecule has 0 radical (unpaired) electrons. The maximum Gasteiger partial charge on any atom is 0.232 e. The summed E-state index contributed by atoms with van der Waals surface area (Å²) in [7, 11) is -6.78. The van der Waals surface area contributed by atoms with Crippen LogP contribution in [0.15, 0.2) is 24.3 Å². The van der Waals surface area contributed by atoms with Crippen LogP contribution in [0.3, 0.4) is 0 Å². The van der Waals surface area contributed by atoms with Crippen LogP contribution in [0.5, 0.6) is 0 Å². The van der Waals surface area contributed by atoms with Crippen molar-refractivity contribution in [2.24, 2.45) is 0 Å². The van der Waals surface area contributed by atoms with Crippen molar-refractivity contribution in [3.05, 3.63) is 29.8 Å². The van der Waals surface area contributed by atoms with Gasteiger partial charge in [-0.1, -0.05) is 17.7 Å². The lowest BCUT2D eigenvalue weighted by atomic mass is 10.2. The van der Waals surface area contributed by atoms with Crippen molar-refractivity contribution >= 4 is 25.7 Å². The third kappa shape index (κ3) is 5.58. The Morgan fingerprint density at radius 2 is 1.58 bits per heavy atom. The highest BCUT2D eigenvalue weighted by molar-refractivity contribution is 7.92. The lowest BCUT2D eigenvalue weighted by Gasteiger charge is -2.22. The van der Waals surface area contributed by atoms with Crippen LogP contribution in [0, 0.1) is 6.92 Å². The molecular formula is C11H18N2O4S2. The smallest absolute Gasteiger partial charge is 0.232 e. The van der Waals surface area contributed by atoms with E-state index in [4.69, 9.17) is 0 Å². The van der Waals surface area contributed by atoms with Gasteiger partial charge in [-0.2, -0.15) is 0 Å². The average Bonchev–Trinajstić information content (AvgIpc) is 2.23. The van der Waals surface area contributed by atoms with Gasteiger partial charge in [0.05, 0.1) is 18.2 Å². The van der Waals surface area contributed by atoms with Crippen LogP contribution in [0.4, 0.5) is 5.69 Å². The Hall–Kier alpha value is -1.12. The third-order valence-electron chi connectivity index (χ3n) is 2.40. The Balaban J connectivity index is 2.88. The van der Waals surface area contributed by atoms with E-state index in [0.717, 1.165) is 18.1 Å². The molecule has 0 spiro atoms. The van der Waals surface area contributed by atoms with Crippen LogP contribution in [-0.2, 0) is 20.0 Å². The second-order valence-corrected chi connectivity index (χ2v) is 8.08. The summed E-state index contributed by atoms with van der Waals surface area (Å²) in [4.78, 5) is 0. The van der Waals surface area contributed by atoms with E-state index in [1.165, 1.54) is 4.31 Å². The zero-order chi connectivity index (χ0) is 14.7. The SMILES string of the molecule is Cc1ccc(N(CCNS(C)(=O)=O)S(C)(=O)=O)cc1. The molecule has 108 valence electrons. The Labute approximate surface area is 114 Å². The van der Waals surface area contributed by atoms with Gasteiger partial charge in [0, 0.05) is 13.1 Å². The number of benzene rings is 1. The first-order valence-corrected chi connectivity index (χ1v) is 9.32. The van der Waals surface area contributed by atoms with Gasteiger partial charge < -0.3 is 0 Å². The molecule has 6 nitrogen and oxygen atoms in total. The van der Waals surface area contributed by atoms with Gasteiger partial charge in [0.15, 0.2) is 0 Å². The number of rotatable bonds is 6. The summed E-state index contributed by atoms with van der Waals surface area (Å²) < 4.78 is 48.8. The first-order valence-electron chi connectivity index (χ1n) is 5.58. The second kappa shape index (κ2) is 5.89. The first kappa shape index (κ1) is 15.9. The van der Waals surface area contributed by atoms with E-state index in [2.05, 4.69) is 4.72 Å². The average molecular weight is 306 g/mol. The molecule has 0 amide bonds. The summed E-state index contributed by atoms with van der Waals surface area (Å²) in [6.07, 6.45) is 2.12. The molecule has 0 aliphatic carbocycles. The summed E-state index contributed by atoms with van der Waals surface area (Å²) in [5, 5.41) is 0. The molecule has 19 heavy (non-hydrogen) atoms. The van der Waals surface area contributed by atoms with Gasteiger partial charge in [-0.05, 0) is 19.1 Å². The zero-order valence-electron chi connectivity index (χ0n) is 11.1. The van der Waals surface area contributed by atoms with Crippen molar-refractivity contribution in [1.82, 2.24) is 4.72 Å². The molecule has 8 heteroatoms. The predicted octanol–water partition coefficient (Wildman–Crippen LogP) is 0.310. The maximum absolute atomic E-state index is 11.7. The van der Waals surface area contributed by atoms with Crippen molar-refractivity contribution < 1.29 is 16.8 Å². The van der Waals surface area contributed by atoms with Gasteiger partial charge in [0.25, 0.3) is 0 Å². The Kier molecular flexibility index (Phi) is 4.94. The van der Waals surface area contributed by atoms with Crippen molar-refractivity contribution in [2.45, 2.75) is 6.92 Å². The van der Waals surface area contributed by atoms with Crippen LogP contribution in [0.2, 0.25) is 0 Å². The van der Waals surface area contributed by atoms with E-state index in [0.29, 0.717) is 5.69 Å². The molecule has 0 aliphatic heterocycles. The number of anilines is 1. The molecule has 0 heterocycles. The maximum atomic E-state index is 11.7. The highest BCUT2D eigenvalue weighted by Crippen LogP contribution is 2.17. The van der Waals surface area contributed by atoms with E-state index < -0.39 is 20.0 Å². The van der Waals surface area contributed by atoms with Gasteiger partial charge in [-0.25, -0.2) is 21.6 Å². The van der Waals surface area contributed by atoms with Crippen LogP contribution in [0.25, 0.3) is 0 Å². The molecule has 0 saturated carbocycles. The number of aryl methyl sites for hydroxylation is 1. The summed E-state index contributed by atoms with van der Waals surface area (Å²) >= 11 is 0. The quantitative estimate of drug-likeness (QED) is 0.820. The number of sulfonamides is 2. The van der Waals surface area contributed by atoms with E-state index in [-0.39, 0.29) is 13.1 Å². The molecule has 1 N–H and O–H groups in total. The topological polar surface area (TPSA) is 83.6 Å². The minimum absolute atomic E-state index is 0.0276. The fourth-order valence-corrected chi connectivity index (χ4v) is 2.92. The largest absolute Gasteiger partial charge is 0.269 e. The molecule has 0 bridgehead atoms. The van der Waals surface area contributed by atoms with Gasteiger partial charge in [-0.3, -0.25) is 4.31 Å². The normalized spacial score (nSPS) is 12.4. The van der Waals surface area contributed by atoms with E-state index in [1.807, 2.05) is 6.92 Å². The Morgan fingerprint density at radius 3 is 2.00 bits per heavy atom.